The Morgan fingerprint density at radius 3 is 2.58 bits per heavy atom. The minimum atomic E-state index is 0.212. The second kappa shape index (κ2) is 5.53. The summed E-state index contributed by atoms with van der Waals surface area (Å²) in [4.78, 5) is 27.2. The van der Waals surface area contributed by atoms with Crippen molar-refractivity contribution in [3.8, 4) is 0 Å². The molecule has 1 saturated heterocycles. The highest BCUT2D eigenvalue weighted by Gasteiger charge is 2.63. The highest BCUT2D eigenvalue weighted by atomic mass is 16.1. The van der Waals surface area contributed by atoms with Gasteiger partial charge >= 0.3 is 0 Å². The van der Waals surface area contributed by atoms with Crippen LogP contribution < -0.4 is 0 Å². The van der Waals surface area contributed by atoms with Crippen molar-refractivity contribution in [3.63, 3.8) is 0 Å². The number of fused-ring (bicyclic) bond motifs is 5. The maximum atomic E-state index is 12.4. The van der Waals surface area contributed by atoms with Crippen LogP contribution in [0.3, 0.4) is 0 Å². The van der Waals surface area contributed by atoms with Crippen LogP contribution in [0.25, 0.3) is 0 Å². The smallest absolute Gasteiger partial charge is 0.155 e. The lowest BCUT2D eigenvalue weighted by molar-refractivity contribution is -0.130. The van der Waals surface area contributed by atoms with E-state index in [4.69, 9.17) is 0 Å². The normalized spacial score (nSPS) is 50.5. The molecule has 0 unspecified atom stereocenters. The summed E-state index contributed by atoms with van der Waals surface area (Å²) in [6.07, 6.45) is 9.68. The molecule has 4 aliphatic carbocycles. The highest BCUT2D eigenvalue weighted by molar-refractivity contribution is 5.91. The summed E-state index contributed by atoms with van der Waals surface area (Å²) in [6, 6.07) is 0.612. The molecule has 0 spiro atoms. The van der Waals surface area contributed by atoms with Gasteiger partial charge in [0, 0.05) is 31.5 Å². The van der Waals surface area contributed by atoms with Gasteiger partial charge in [-0.05, 0) is 80.1 Å². The molecule has 0 aromatic carbocycles. The molecule has 0 N–H and O–H groups in total. The standard InChI is InChI=1S/C23H33NO2/c1-14(25)17-4-5-18-21-19(7-9-23(17,18)3)22(2)8-6-16(26)12-15(22)13-20(21)24-10-11-24/h12,17-21H,4-11,13H2,1-3H3/t17-,18+,19+,20+,21+,22+,23-/m1/s1. The van der Waals surface area contributed by atoms with Gasteiger partial charge in [-0.1, -0.05) is 19.4 Å². The molecule has 3 nitrogen and oxygen atoms in total. The summed E-state index contributed by atoms with van der Waals surface area (Å²) in [5.74, 6) is 3.15. The Hall–Kier alpha value is -0.960. The maximum absolute atomic E-state index is 12.4. The maximum Gasteiger partial charge on any atom is 0.155 e. The quantitative estimate of drug-likeness (QED) is 0.702. The van der Waals surface area contributed by atoms with Crippen LogP contribution in [0.1, 0.15) is 65.7 Å². The Morgan fingerprint density at radius 1 is 1.12 bits per heavy atom. The SMILES string of the molecule is CC(=O)[C@H]1CC[C@H]2[C@@H]3[C@@H](N4CC4)CC4=CC(=O)CC[C@]4(C)[C@H]3CC[C@]12C. The number of Topliss-reactive ketones (excluding diaryl/α,β-unsaturated/α-hetero) is 1. The van der Waals surface area contributed by atoms with E-state index in [1.54, 1.807) is 0 Å². The number of rotatable bonds is 2. The van der Waals surface area contributed by atoms with E-state index in [2.05, 4.69) is 18.7 Å². The first-order valence-corrected chi connectivity index (χ1v) is 10.8. The second-order valence-corrected chi connectivity index (χ2v) is 10.4. The van der Waals surface area contributed by atoms with Crippen LogP contribution in [0.2, 0.25) is 0 Å². The van der Waals surface area contributed by atoms with Crippen molar-refractivity contribution in [2.75, 3.05) is 13.1 Å². The van der Waals surface area contributed by atoms with Gasteiger partial charge in [0.2, 0.25) is 0 Å². The van der Waals surface area contributed by atoms with Crippen molar-refractivity contribution in [1.82, 2.24) is 4.90 Å². The number of ketones is 2. The first-order valence-electron chi connectivity index (χ1n) is 10.8. The number of carbonyl (C=O) groups is 2. The van der Waals surface area contributed by atoms with Gasteiger partial charge < -0.3 is 0 Å². The van der Waals surface area contributed by atoms with E-state index >= 15 is 0 Å². The fourth-order valence-electron chi connectivity index (χ4n) is 7.96. The van der Waals surface area contributed by atoms with Gasteiger partial charge in [-0.2, -0.15) is 0 Å². The molecule has 0 aromatic heterocycles. The first kappa shape index (κ1) is 17.2. The second-order valence-electron chi connectivity index (χ2n) is 10.4. The minimum absolute atomic E-state index is 0.212. The van der Waals surface area contributed by atoms with Crippen LogP contribution in [-0.2, 0) is 9.59 Å². The van der Waals surface area contributed by atoms with Crippen LogP contribution in [-0.4, -0.2) is 35.6 Å². The fourth-order valence-corrected chi connectivity index (χ4v) is 7.96. The van der Waals surface area contributed by atoms with Gasteiger partial charge in [0.15, 0.2) is 5.78 Å². The van der Waals surface area contributed by atoms with Crippen molar-refractivity contribution in [2.45, 2.75) is 71.8 Å². The molecule has 0 amide bonds. The third-order valence-electron chi connectivity index (χ3n) is 9.43. The van der Waals surface area contributed by atoms with Gasteiger partial charge in [-0.25, -0.2) is 0 Å². The summed E-state index contributed by atoms with van der Waals surface area (Å²) >= 11 is 0. The van der Waals surface area contributed by atoms with E-state index in [1.807, 2.05) is 13.0 Å². The van der Waals surface area contributed by atoms with E-state index in [9.17, 15) is 9.59 Å². The summed E-state index contributed by atoms with van der Waals surface area (Å²) in [5.41, 5.74) is 1.89. The lowest BCUT2D eigenvalue weighted by Gasteiger charge is -2.60. The molecule has 1 heterocycles. The lowest BCUT2D eigenvalue weighted by atomic mass is 9.45. The Bertz CT molecular complexity index is 692. The van der Waals surface area contributed by atoms with Crippen molar-refractivity contribution in [1.29, 1.82) is 0 Å². The van der Waals surface area contributed by atoms with E-state index in [0.29, 0.717) is 29.4 Å². The molecule has 142 valence electrons. The first-order chi connectivity index (χ1) is 12.3. The zero-order valence-corrected chi connectivity index (χ0v) is 16.6. The average Bonchev–Trinajstić information content (AvgIpc) is 3.36. The molecule has 5 rings (SSSR count). The predicted octanol–water partition coefficient (Wildman–Crippen LogP) is 4.02. The highest BCUT2D eigenvalue weighted by Crippen LogP contribution is 2.67. The van der Waals surface area contributed by atoms with Gasteiger partial charge in [-0.15, -0.1) is 0 Å². The van der Waals surface area contributed by atoms with Gasteiger partial charge in [0.25, 0.3) is 0 Å². The molecule has 0 bridgehead atoms. The Morgan fingerprint density at radius 2 is 1.88 bits per heavy atom. The van der Waals surface area contributed by atoms with Gasteiger partial charge in [-0.3, -0.25) is 14.5 Å². The van der Waals surface area contributed by atoms with Crippen molar-refractivity contribution in [2.24, 2.45) is 34.5 Å². The van der Waals surface area contributed by atoms with E-state index < -0.39 is 0 Å². The number of nitrogens with zero attached hydrogens (tertiary/aromatic N) is 1. The van der Waals surface area contributed by atoms with Crippen molar-refractivity contribution < 1.29 is 9.59 Å². The predicted molar refractivity (Wildman–Crippen MR) is 102 cm³/mol. The molecule has 3 saturated carbocycles. The monoisotopic (exact) mass is 355 g/mol. The molecule has 5 aliphatic rings. The van der Waals surface area contributed by atoms with Crippen molar-refractivity contribution >= 4 is 11.6 Å². The molecule has 4 fully saturated rings. The number of hydrogen-bond acceptors (Lipinski definition) is 3. The third-order valence-corrected chi connectivity index (χ3v) is 9.43. The molecular weight excluding hydrogens is 322 g/mol. The van der Waals surface area contributed by atoms with Crippen LogP contribution in [0.15, 0.2) is 11.6 Å². The molecule has 0 radical (unpaired) electrons. The van der Waals surface area contributed by atoms with E-state index in [-0.39, 0.29) is 16.7 Å². The third kappa shape index (κ3) is 2.22. The minimum Gasteiger partial charge on any atom is -0.300 e. The van der Waals surface area contributed by atoms with Gasteiger partial charge in [0.05, 0.1) is 0 Å². The van der Waals surface area contributed by atoms with E-state index in [0.717, 1.165) is 31.6 Å². The Balaban J connectivity index is 1.56. The summed E-state index contributed by atoms with van der Waals surface area (Å²) in [6.45, 7) is 9.17. The summed E-state index contributed by atoms with van der Waals surface area (Å²) in [7, 11) is 0. The molecule has 1 aliphatic heterocycles. The number of hydrogen-bond donors (Lipinski definition) is 0. The molecular formula is C23H33NO2. The lowest BCUT2D eigenvalue weighted by Crippen LogP contribution is -2.57. The van der Waals surface area contributed by atoms with Crippen LogP contribution in [0, 0.1) is 34.5 Å². The molecule has 7 atom stereocenters. The average molecular weight is 356 g/mol. The topological polar surface area (TPSA) is 37.1 Å². The molecule has 0 aromatic rings. The zero-order chi connectivity index (χ0) is 18.3. The van der Waals surface area contributed by atoms with Crippen LogP contribution in [0.5, 0.6) is 0 Å². The Kier molecular flexibility index (Phi) is 3.65. The van der Waals surface area contributed by atoms with Crippen molar-refractivity contribution in [3.05, 3.63) is 11.6 Å². The largest absolute Gasteiger partial charge is 0.300 e. The zero-order valence-electron chi connectivity index (χ0n) is 16.6. The van der Waals surface area contributed by atoms with Crippen LogP contribution in [0.4, 0.5) is 0 Å². The molecule has 3 heteroatoms. The summed E-state index contributed by atoms with van der Waals surface area (Å²) in [5, 5.41) is 0. The fraction of sp³-hybridized carbons (Fsp3) is 0.826. The Labute approximate surface area is 157 Å². The molecule has 26 heavy (non-hydrogen) atoms. The number of carbonyl (C=O) groups excluding carboxylic acids is 2. The van der Waals surface area contributed by atoms with Gasteiger partial charge in [0.1, 0.15) is 5.78 Å². The van der Waals surface area contributed by atoms with Crippen LogP contribution >= 0.6 is 0 Å². The van der Waals surface area contributed by atoms with E-state index in [1.165, 1.54) is 37.9 Å². The summed E-state index contributed by atoms with van der Waals surface area (Å²) < 4.78 is 0.